The standard InChI is InChI=1S/C22H28N2O2/c25-22(23-15-20-8-4-14-26-20)18-10-12-24(13-11-18)16-19-7-3-6-17-5-1-2-9-21(17)19/h1-3,5-7,9,18,20H,4,8,10-16H2,(H,23,25). The fourth-order valence-electron chi connectivity index (χ4n) is 4.19. The summed E-state index contributed by atoms with van der Waals surface area (Å²) < 4.78 is 5.59. The second-order valence-electron chi connectivity index (χ2n) is 7.57. The molecule has 0 spiro atoms. The molecule has 2 heterocycles. The first-order chi connectivity index (χ1) is 12.8. The Kier molecular flexibility index (Phi) is 5.51. The van der Waals surface area contributed by atoms with Gasteiger partial charge < -0.3 is 10.1 Å². The Bertz CT molecular complexity index is 741. The number of carbonyl (C=O) groups excluding carboxylic acids is 1. The van der Waals surface area contributed by atoms with E-state index in [1.807, 2.05) is 0 Å². The molecule has 2 aromatic carbocycles. The van der Waals surface area contributed by atoms with Crippen molar-refractivity contribution in [3.63, 3.8) is 0 Å². The Hall–Kier alpha value is -1.91. The molecule has 4 rings (SSSR count). The van der Waals surface area contributed by atoms with Crippen molar-refractivity contribution in [1.29, 1.82) is 0 Å². The van der Waals surface area contributed by atoms with Crippen LogP contribution in [0.3, 0.4) is 0 Å². The predicted octanol–water partition coefficient (Wildman–Crippen LogP) is 3.35. The van der Waals surface area contributed by atoms with Crippen molar-refractivity contribution in [3.05, 3.63) is 48.0 Å². The molecule has 2 saturated heterocycles. The number of likely N-dealkylation sites (tertiary alicyclic amines) is 1. The van der Waals surface area contributed by atoms with Crippen molar-refractivity contribution in [2.75, 3.05) is 26.2 Å². The van der Waals surface area contributed by atoms with Crippen LogP contribution in [0.5, 0.6) is 0 Å². The van der Waals surface area contributed by atoms with Crippen molar-refractivity contribution in [2.45, 2.75) is 38.3 Å². The summed E-state index contributed by atoms with van der Waals surface area (Å²) in [7, 11) is 0. The maximum Gasteiger partial charge on any atom is 0.223 e. The zero-order valence-corrected chi connectivity index (χ0v) is 15.3. The van der Waals surface area contributed by atoms with Gasteiger partial charge in [0.05, 0.1) is 6.10 Å². The Labute approximate surface area is 155 Å². The molecule has 26 heavy (non-hydrogen) atoms. The highest BCUT2D eigenvalue weighted by molar-refractivity contribution is 5.85. The van der Waals surface area contributed by atoms with E-state index in [0.29, 0.717) is 6.54 Å². The molecule has 1 atom stereocenters. The number of piperidine rings is 1. The molecule has 0 radical (unpaired) electrons. The van der Waals surface area contributed by atoms with E-state index in [2.05, 4.69) is 52.7 Å². The minimum atomic E-state index is 0.153. The molecule has 2 fully saturated rings. The molecule has 4 heteroatoms. The number of hydrogen-bond acceptors (Lipinski definition) is 3. The fraction of sp³-hybridized carbons (Fsp3) is 0.500. The third-order valence-corrected chi connectivity index (χ3v) is 5.76. The summed E-state index contributed by atoms with van der Waals surface area (Å²) in [6.07, 6.45) is 4.31. The molecule has 2 aliphatic rings. The minimum Gasteiger partial charge on any atom is -0.376 e. The number of amides is 1. The molecule has 1 unspecified atom stereocenters. The van der Waals surface area contributed by atoms with E-state index < -0.39 is 0 Å². The number of ether oxygens (including phenoxy) is 1. The first-order valence-corrected chi connectivity index (χ1v) is 9.88. The normalized spacial score (nSPS) is 21.9. The van der Waals surface area contributed by atoms with Gasteiger partial charge in [-0.25, -0.2) is 0 Å². The van der Waals surface area contributed by atoms with E-state index in [9.17, 15) is 4.79 Å². The van der Waals surface area contributed by atoms with Gasteiger partial charge in [0.1, 0.15) is 0 Å². The average Bonchev–Trinajstić information content (AvgIpc) is 3.21. The lowest BCUT2D eigenvalue weighted by Crippen LogP contribution is -2.42. The van der Waals surface area contributed by atoms with Crippen LogP contribution in [0.2, 0.25) is 0 Å². The van der Waals surface area contributed by atoms with E-state index in [1.54, 1.807) is 0 Å². The molecule has 4 nitrogen and oxygen atoms in total. The van der Waals surface area contributed by atoms with Gasteiger partial charge in [-0.2, -0.15) is 0 Å². The maximum atomic E-state index is 12.4. The van der Waals surface area contributed by atoms with Gasteiger partial charge in [0.25, 0.3) is 0 Å². The predicted molar refractivity (Wildman–Crippen MR) is 104 cm³/mol. The van der Waals surface area contributed by atoms with E-state index in [1.165, 1.54) is 16.3 Å². The van der Waals surface area contributed by atoms with Gasteiger partial charge in [-0.05, 0) is 55.1 Å². The number of benzene rings is 2. The average molecular weight is 352 g/mol. The van der Waals surface area contributed by atoms with Crippen molar-refractivity contribution in [2.24, 2.45) is 5.92 Å². The van der Waals surface area contributed by atoms with Crippen LogP contribution in [-0.2, 0) is 16.1 Å². The number of hydrogen-bond donors (Lipinski definition) is 1. The van der Waals surface area contributed by atoms with E-state index >= 15 is 0 Å². The van der Waals surface area contributed by atoms with Gasteiger partial charge in [-0.1, -0.05) is 42.5 Å². The summed E-state index contributed by atoms with van der Waals surface area (Å²) in [4.78, 5) is 14.9. The lowest BCUT2D eigenvalue weighted by molar-refractivity contribution is -0.127. The quantitative estimate of drug-likeness (QED) is 0.897. The van der Waals surface area contributed by atoms with Crippen LogP contribution in [-0.4, -0.2) is 43.2 Å². The second kappa shape index (κ2) is 8.19. The molecule has 0 aromatic heterocycles. The first-order valence-electron chi connectivity index (χ1n) is 9.88. The molecule has 1 amide bonds. The van der Waals surface area contributed by atoms with Crippen LogP contribution < -0.4 is 5.32 Å². The molecule has 1 N–H and O–H groups in total. The van der Waals surface area contributed by atoms with Gasteiger partial charge >= 0.3 is 0 Å². The number of nitrogens with zero attached hydrogens (tertiary/aromatic N) is 1. The molecule has 0 bridgehead atoms. The Morgan fingerprint density at radius 1 is 1.08 bits per heavy atom. The highest BCUT2D eigenvalue weighted by Gasteiger charge is 2.26. The molecular weight excluding hydrogens is 324 g/mol. The smallest absolute Gasteiger partial charge is 0.223 e. The van der Waals surface area contributed by atoms with Crippen LogP contribution >= 0.6 is 0 Å². The van der Waals surface area contributed by atoms with Gasteiger partial charge in [0, 0.05) is 25.6 Å². The molecule has 0 aliphatic carbocycles. The zero-order valence-electron chi connectivity index (χ0n) is 15.3. The highest BCUT2D eigenvalue weighted by Crippen LogP contribution is 2.23. The van der Waals surface area contributed by atoms with Crippen LogP contribution in [0.25, 0.3) is 10.8 Å². The third-order valence-electron chi connectivity index (χ3n) is 5.76. The summed E-state index contributed by atoms with van der Waals surface area (Å²) in [6.45, 7) is 4.45. The number of rotatable bonds is 5. The van der Waals surface area contributed by atoms with Crippen molar-refractivity contribution >= 4 is 16.7 Å². The largest absolute Gasteiger partial charge is 0.376 e. The van der Waals surface area contributed by atoms with Gasteiger partial charge in [0.2, 0.25) is 5.91 Å². The van der Waals surface area contributed by atoms with Crippen LogP contribution in [0.4, 0.5) is 0 Å². The highest BCUT2D eigenvalue weighted by atomic mass is 16.5. The topological polar surface area (TPSA) is 41.6 Å². The van der Waals surface area contributed by atoms with Crippen LogP contribution in [0.1, 0.15) is 31.2 Å². The lowest BCUT2D eigenvalue weighted by atomic mass is 9.95. The van der Waals surface area contributed by atoms with Gasteiger partial charge in [-0.15, -0.1) is 0 Å². The summed E-state index contributed by atoms with van der Waals surface area (Å²) in [6, 6.07) is 15.1. The maximum absolute atomic E-state index is 12.4. The molecule has 2 aliphatic heterocycles. The second-order valence-corrected chi connectivity index (χ2v) is 7.57. The monoisotopic (exact) mass is 352 g/mol. The lowest BCUT2D eigenvalue weighted by Gasteiger charge is -2.31. The fourth-order valence-corrected chi connectivity index (χ4v) is 4.19. The zero-order chi connectivity index (χ0) is 17.8. The minimum absolute atomic E-state index is 0.153. The molecule has 138 valence electrons. The van der Waals surface area contributed by atoms with E-state index in [4.69, 9.17) is 4.74 Å². The van der Waals surface area contributed by atoms with Crippen molar-refractivity contribution in [3.8, 4) is 0 Å². The van der Waals surface area contributed by atoms with Crippen molar-refractivity contribution < 1.29 is 9.53 Å². The van der Waals surface area contributed by atoms with Gasteiger partial charge in [0.15, 0.2) is 0 Å². The molecule has 0 saturated carbocycles. The molecule has 2 aromatic rings. The first kappa shape index (κ1) is 17.5. The Morgan fingerprint density at radius 3 is 2.69 bits per heavy atom. The van der Waals surface area contributed by atoms with Gasteiger partial charge in [-0.3, -0.25) is 9.69 Å². The van der Waals surface area contributed by atoms with E-state index in [-0.39, 0.29) is 17.9 Å². The Balaban J connectivity index is 1.28. The summed E-state index contributed by atoms with van der Waals surface area (Å²) in [5.41, 5.74) is 1.38. The number of nitrogens with one attached hydrogen (secondary N) is 1. The SMILES string of the molecule is O=C(NCC1CCCO1)C1CCN(Cc2cccc3ccccc23)CC1. The van der Waals surface area contributed by atoms with Crippen LogP contribution in [0, 0.1) is 5.92 Å². The summed E-state index contributed by atoms with van der Waals surface area (Å²) in [5.74, 6) is 0.366. The molecular formula is C22H28N2O2. The number of carbonyl (C=O) groups is 1. The third kappa shape index (κ3) is 4.08. The van der Waals surface area contributed by atoms with E-state index in [0.717, 1.165) is 51.9 Å². The van der Waals surface area contributed by atoms with Crippen molar-refractivity contribution in [1.82, 2.24) is 10.2 Å². The Morgan fingerprint density at radius 2 is 1.88 bits per heavy atom. The van der Waals surface area contributed by atoms with Crippen LogP contribution in [0.15, 0.2) is 42.5 Å². The number of fused-ring (bicyclic) bond motifs is 1. The summed E-state index contributed by atoms with van der Waals surface area (Å²) >= 11 is 0. The summed E-state index contributed by atoms with van der Waals surface area (Å²) in [5, 5.41) is 5.74.